The summed E-state index contributed by atoms with van der Waals surface area (Å²) < 4.78 is 14.3. The molecule has 3 amide bonds. The van der Waals surface area contributed by atoms with Gasteiger partial charge in [-0.1, -0.05) is 0 Å². The lowest BCUT2D eigenvalue weighted by atomic mass is 10.4. The Morgan fingerprint density at radius 3 is 1.57 bits per heavy atom. The van der Waals surface area contributed by atoms with Gasteiger partial charge in [0.1, 0.15) is 19.8 Å². The highest BCUT2D eigenvalue weighted by atomic mass is 16.6. The van der Waals surface area contributed by atoms with Crippen molar-refractivity contribution in [1.29, 1.82) is 0 Å². The van der Waals surface area contributed by atoms with Crippen LogP contribution in [0, 0.1) is 0 Å². The predicted molar refractivity (Wildman–Crippen MR) is 72.8 cm³/mol. The van der Waals surface area contributed by atoms with Gasteiger partial charge in [0, 0.05) is 33.7 Å². The van der Waals surface area contributed by atoms with Crippen molar-refractivity contribution in [1.82, 2.24) is 15.5 Å². The lowest BCUT2D eigenvalue weighted by Crippen LogP contribution is -2.36. The average molecular weight is 306 g/mol. The molecule has 0 aromatic carbocycles. The lowest BCUT2D eigenvalue weighted by molar-refractivity contribution is 0.0929. The number of hydrogen-bond acceptors (Lipinski definition) is 7. The van der Waals surface area contributed by atoms with Crippen LogP contribution in [0.4, 0.5) is 14.4 Å². The molecule has 0 bridgehead atoms. The van der Waals surface area contributed by atoms with Gasteiger partial charge in [-0.05, 0) is 0 Å². The van der Waals surface area contributed by atoms with Crippen LogP contribution in [0.25, 0.3) is 0 Å². The minimum atomic E-state index is -0.863. The molecular weight excluding hydrogens is 284 g/mol. The third-order valence-electron chi connectivity index (χ3n) is 2.34. The van der Waals surface area contributed by atoms with Gasteiger partial charge in [-0.25, -0.2) is 14.4 Å². The maximum Gasteiger partial charge on any atom is 0.406 e. The summed E-state index contributed by atoms with van der Waals surface area (Å²) in [6, 6.07) is 0. The highest BCUT2D eigenvalue weighted by Crippen LogP contribution is 1.92. The van der Waals surface area contributed by atoms with E-state index in [0.717, 1.165) is 0 Å². The number of nitrogens with two attached hydrogens (primary N) is 1. The molecule has 0 aromatic rings. The summed E-state index contributed by atoms with van der Waals surface area (Å²) in [7, 11) is 2.91. The van der Waals surface area contributed by atoms with Crippen LogP contribution in [0.2, 0.25) is 0 Å². The molecular formula is C11H22N4O6. The van der Waals surface area contributed by atoms with E-state index in [9.17, 15) is 14.4 Å². The van der Waals surface area contributed by atoms with Gasteiger partial charge in [-0.15, -0.1) is 0 Å². The average Bonchev–Trinajstić information content (AvgIpc) is 2.45. The summed E-state index contributed by atoms with van der Waals surface area (Å²) in [5.74, 6) is 0. The lowest BCUT2D eigenvalue weighted by Gasteiger charge is -2.21. The SMILES string of the molecule is CNC(=O)OCCN(CCOC(N)=O)CCOC(=O)NC. The fourth-order valence-electron chi connectivity index (χ4n) is 1.29. The maximum absolute atomic E-state index is 10.9. The van der Waals surface area contributed by atoms with Crippen LogP contribution in [0.1, 0.15) is 0 Å². The molecule has 10 heteroatoms. The number of nitrogens with one attached hydrogen (secondary N) is 2. The van der Waals surface area contributed by atoms with Crippen molar-refractivity contribution in [3.8, 4) is 0 Å². The Labute approximate surface area is 122 Å². The molecule has 0 aliphatic heterocycles. The molecule has 0 saturated heterocycles. The Morgan fingerprint density at radius 1 is 0.857 bits per heavy atom. The first kappa shape index (κ1) is 18.8. The first-order chi connectivity index (χ1) is 9.99. The van der Waals surface area contributed by atoms with Crippen LogP contribution < -0.4 is 16.4 Å². The number of alkyl carbamates (subject to hydrolysis) is 2. The summed E-state index contributed by atoms with van der Waals surface area (Å²) in [4.78, 5) is 34.1. The Bertz CT molecular complexity index is 317. The van der Waals surface area contributed by atoms with E-state index in [1.165, 1.54) is 14.1 Å². The molecule has 0 rings (SSSR count). The van der Waals surface area contributed by atoms with Crippen LogP contribution in [-0.2, 0) is 14.2 Å². The highest BCUT2D eigenvalue weighted by molar-refractivity contribution is 5.66. The number of rotatable bonds is 9. The van der Waals surface area contributed by atoms with Gasteiger partial charge in [0.05, 0.1) is 0 Å². The maximum atomic E-state index is 10.9. The smallest absolute Gasteiger partial charge is 0.406 e. The largest absolute Gasteiger partial charge is 0.448 e. The van der Waals surface area contributed by atoms with Gasteiger partial charge >= 0.3 is 18.3 Å². The van der Waals surface area contributed by atoms with Crippen molar-refractivity contribution in [2.24, 2.45) is 5.73 Å². The molecule has 4 N–H and O–H groups in total. The van der Waals surface area contributed by atoms with E-state index >= 15 is 0 Å². The van der Waals surface area contributed by atoms with Crippen molar-refractivity contribution in [2.45, 2.75) is 0 Å². The Hall–Kier alpha value is -2.23. The number of primary amides is 1. The molecule has 21 heavy (non-hydrogen) atoms. The van der Waals surface area contributed by atoms with Crippen LogP contribution in [0.15, 0.2) is 0 Å². The Morgan fingerprint density at radius 2 is 1.24 bits per heavy atom. The highest BCUT2D eigenvalue weighted by Gasteiger charge is 2.09. The van der Waals surface area contributed by atoms with Crippen LogP contribution in [-0.4, -0.2) is 76.7 Å². The van der Waals surface area contributed by atoms with Crippen molar-refractivity contribution in [3.63, 3.8) is 0 Å². The fraction of sp³-hybridized carbons (Fsp3) is 0.727. The summed E-state index contributed by atoms with van der Waals surface area (Å²) in [5, 5.41) is 4.64. The molecule has 0 saturated carbocycles. The van der Waals surface area contributed by atoms with Crippen molar-refractivity contribution in [3.05, 3.63) is 0 Å². The van der Waals surface area contributed by atoms with Crippen molar-refractivity contribution in [2.75, 3.05) is 53.6 Å². The third kappa shape index (κ3) is 11.3. The summed E-state index contributed by atoms with van der Waals surface area (Å²) in [5.41, 5.74) is 4.86. The molecule has 0 aromatic heterocycles. The van der Waals surface area contributed by atoms with Gasteiger partial charge in [0.2, 0.25) is 0 Å². The van der Waals surface area contributed by atoms with Crippen LogP contribution >= 0.6 is 0 Å². The second-order valence-electron chi connectivity index (χ2n) is 3.78. The zero-order valence-corrected chi connectivity index (χ0v) is 12.2. The Balaban J connectivity index is 4.04. The summed E-state index contributed by atoms with van der Waals surface area (Å²) in [6.45, 7) is 1.55. The second-order valence-corrected chi connectivity index (χ2v) is 3.78. The van der Waals surface area contributed by atoms with E-state index in [2.05, 4.69) is 15.4 Å². The molecule has 0 fully saturated rings. The number of ether oxygens (including phenoxy) is 3. The standard InChI is InChI=1S/C11H22N4O6/c1-13-10(17)20-7-4-15(3-6-19-9(12)16)5-8-21-11(18)14-2/h3-8H2,1-2H3,(H2,12,16)(H,13,17)(H,14,18). The fourth-order valence-corrected chi connectivity index (χ4v) is 1.29. The number of carbonyl (C=O) groups is 3. The molecule has 0 radical (unpaired) electrons. The molecule has 0 atom stereocenters. The van der Waals surface area contributed by atoms with E-state index in [0.29, 0.717) is 19.6 Å². The zero-order chi connectivity index (χ0) is 16.1. The normalized spacial score (nSPS) is 9.86. The van der Waals surface area contributed by atoms with Gasteiger partial charge in [0.15, 0.2) is 0 Å². The molecule has 0 aliphatic rings. The van der Waals surface area contributed by atoms with E-state index in [1.807, 2.05) is 0 Å². The topological polar surface area (TPSA) is 132 Å². The van der Waals surface area contributed by atoms with Gasteiger partial charge in [-0.3, -0.25) is 4.90 Å². The molecule has 0 aliphatic carbocycles. The van der Waals surface area contributed by atoms with Crippen molar-refractivity contribution >= 4 is 18.3 Å². The van der Waals surface area contributed by atoms with Crippen molar-refractivity contribution < 1.29 is 28.6 Å². The molecule has 0 heterocycles. The minimum Gasteiger partial charge on any atom is -0.448 e. The molecule has 0 spiro atoms. The Kier molecular flexibility index (Phi) is 10.4. The number of carbonyl (C=O) groups excluding carboxylic acids is 3. The molecule has 122 valence electrons. The van der Waals surface area contributed by atoms with Crippen LogP contribution in [0.3, 0.4) is 0 Å². The first-order valence-electron chi connectivity index (χ1n) is 6.33. The monoisotopic (exact) mass is 306 g/mol. The van der Waals surface area contributed by atoms with E-state index in [1.54, 1.807) is 4.90 Å². The quantitative estimate of drug-likeness (QED) is 0.470. The van der Waals surface area contributed by atoms with Gasteiger partial charge in [0.25, 0.3) is 0 Å². The predicted octanol–water partition coefficient (Wildman–Crippen LogP) is -0.904. The molecule has 0 unspecified atom stereocenters. The second kappa shape index (κ2) is 11.6. The number of hydrogen-bond donors (Lipinski definition) is 3. The number of amides is 3. The van der Waals surface area contributed by atoms with Gasteiger partial charge < -0.3 is 30.6 Å². The molecule has 10 nitrogen and oxygen atoms in total. The summed E-state index contributed by atoms with van der Waals surface area (Å²) >= 11 is 0. The zero-order valence-electron chi connectivity index (χ0n) is 12.2. The summed E-state index contributed by atoms with van der Waals surface area (Å²) in [6.07, 6.45) is -1.94. The first-order valence-corrected chi connectivity index (χ1v) is 6.33. The van der Waals surface area contributed by atoms with Gasteiger partial charge in [-0.2, -0.15) is 0 Å². The van der Waals surface area contributed by atoms with Crippen LogP contribution in [0.5, 0.6) is 0 Å². The number of nitrogens with zero attached hydrogens (tertiary/aromatic N) is 1. The third-order valence-corrected chi connectivity index (χ3v) is 2.34. The van der Waals surface area contributed by atoms with E-state index in [4.69, 9.17) is 15.2 Å². The van der Waals surface area contributed by atoms with E-state index < -0.39 is 18.3 Å². The van der Waals surface area contributed by atoms with E-state index in [-0.39, 0.29) is 19.8 Å². The minimum absolute atomic E-state index is 0.0925.